The molecule has 108 valence electrons. The van der Waals surface area contributed by atoms with Crippen LogP contribution in [0.15, 0.2) is 40.1 Å². The number of hydrogen-bond donors (Lipinski definition) is 1. The lowest BCUT2D eigenvalue weighted by molar-refractivity contribution is 0.678. The minimum atomic E-state index is -0.446. The lowest BCUT2D eigenvalue weighted by atomic mass is 10.2. The summed E-state index contributed by atoms with van der Waals surface area (Å²) in [6.07, 6.45) is 1.55. The van der Waals surface area contributed by atoms with E-state index in [1.165, 1.54) is 4.57 Å². The van der Waals surface area contributed by atoms with Crippen molar-refractivity contribution in [3.8, 4) is 0 Å². The second-order valence-electron chi connectivity index (χ2n) is 4.67. The number of aromatic amines is 1. The number of aryl methyl sites for hydroxylation is 1. The molecule has 0 aliphatic carbocycles. The van der Waals surface area contributed by atoms with E-state index < -0.39 is 11.2 Å². The first kappa shape index (κ1) is 13.6. The molecule has 0 radical (unpaired) electrons. The zero-order valence-corrected chi connectivity index (χ0v) is 12.1. The fourth-order valence-electron chi connectivity index (χ4n) is 2.31. The number of benzene rings is 1. The largest absolute Gasteiger partial charge is 0.329 e. The summed E-state index contributed by atoms with van der Waals surface area (Å²) in [6.45, 7) is 2.80. The van der Waals surface area contributed by atoms with Crippen molar-refractivity contribution in [1.29, 1.82) is 0 Å². The van der Waals surface area contributed by atoms with Crippen molar-refractivity contribution in [3.05, 3.63) is 61.9 Å². The fraction of sp³-hybridized carbons (Fsp3) is 0.214. The van der Waals surface area contributed by atoms with Gasteiger partial charge in [0, 0.05) is 11.6 Å². The standard InChI is InChI=1S/C14H13ClN4O2/c1-2-19-12-11(7-16-19)18(14(21)17-13(12)20)8-9-3-5-10(15)6-4-9/h3-7H,2,8H2,1H3,(H,17,20,21). The second kappa shape index (κ2) is 5.21. The van der Waals surface area contributed by atoms with E-state index in [0.717, 1.165) is 5.56 Å². The van der Waals surface area contributed by atoms with E-state index in [1.54, 1.807) is 23.0 Å². The van der Waals surface area contributed by atoms with E-state index in [-0.39, 0.29) is 0 Å². The maximum atomic E-state index is 12.1. The first-order chi connectivity index (χ1) is 10.1. The van der Waals surface area contributed by atoms with Crippen LogP contribution >= 0.6 is 11.6 Å². The molecule has 7 heteroatoms. The molecule has 0 aliphatic rings. The Labute approximate surface area is 124 Å². The summed E-state index contributed by atoms with van der Waals surface area (Å²) < 4.78 is 3.07. The summed E-state index contributed by atoms with van der Waals surface area (Å²) in [7, 11) is 0. The number of hydrogen-bond acceptors (Lipinski definition) is 3. The molecular formula is C14H13ClN4O2. The van der Waals surface area contributed by atoms with Gasteiger partial charge in [0.2, 0.25) is 0 Å². The molecule has 0 unspecified atom stereocenters. The zero-order chi connectivity index (χ0) is 15.0. The van der Waals surface area contributed by atoms with Gasteiger partial charge in [0.1, 0.15) is 0 Å². The van der Waals surface area contributed by atoms with Gasteiger partial charge in [-0.05, 0) is 24.6 Å². The SMILES string of the molecule is CCn1ncc2c1c(=O)[nH]c(=O)n2Cc1ccc(Cl)cc1. The fourth-order valence-corrected chi connectivity index (χ4v) is 2.43. The Kier molecular flexibility index (Phi) is 3.39. The van der Waals surface area contributed by atoms with Crippen molar-refractivity contribution < 1.29 is 0 Å². The van der Waals surface area contributed by atoms with Gasteiger partial charge < -0.3 is 0 Å². The molecule has 2 heterocycles. The van der Waals surface area contributed by atoms with Gasteiger partial charge in [0.25, 0.3) is 5.56 Å². The number of aromatic nitrogens is 4. The van der Waals surface area contributed by atoms with E-state index in [1.807, 2.05) is 19.1 Å². The number of nitrogens with one attached hydrogen (secondary N) is 1. The Hall–Kier alpha value is -2.34. The summed E-state index contributed by atoms with van der Waals surface area (Å²) in [5, 5.41) is 4.78. The zero-order valence-electron chi connectivity index (χ0n) is 11.3. The van der Waals surface area contributed by atoms with Crippen molar-refractivity contribution in [2.24, 2.45) is 0 Å². The molecule has 0 amide bonds. The highest BCUT2D eigenvalue weighted by molar-refractivity contribution is 6.30. The minimum absolute atomic E-state index is 0.346. The summed E-state index contributed by atoms with van der Waals surface area (Å²) >= 11 is 5.85. The molecule has 1 N–H and O–H groups in total. The summed E-state index contributed by atoms with van der Waals surface area (Å²) in [4.78, 5) is 26.3. The monoisotopic (exact) mass is 304 g/mol. The predicted octanol–water partition coefficient (Wildman–Crippen LogP) is 1.61. The molecule has 1 aromatic carbocycles. The molecule has 0 saturated carbocycles. The minimum Gasteiger partial charge on any atom is -0.286 e. The third kappa shape index (κ3) is 2.38. The van der Waals surface area contributed by atoms with Crippen LogP contribution in [0.4, 0.5) is 0 Å². The van der Waals surface area contributed by atoms with E-state index in [2.05, 4.69) is 10.1 Å². The first-order valence-electron chi connectivity index (χ1n) is 6.53. The van der Waals surface area contributed by atoms with Gasteiger partial charge in [-0.15, -0.1) is 0 Å². The first-order valence-corrected chi connectivity index (χ1v) is 6.91. The number of nitrogens with zero attached hydrogens (tertiary/aromatic N) is 3. The van der Waals surface area contributed by atoms with E-state index >= 15 is 0 Å². The van der Waals surface area contributed by atoms with Gasteiger partial charge >= 0.3 is 5.69 Å². The number of H-pyrrole nitrogens is 1. The maximum Gasteiger partial charge on any atom is 0.329 e. The average molecular weight is 305 g/mol. The Morgan fingerprint density at radius 1 is 1.24 bits per heavy atom. The molecule has 21 heavy (non-hydrogen) atoms. The van der Waals surface area contributed by atoms with Crippen LogP contribution in [0.5, 0.6) is 0 Å². The van der Waals surface area contributed by atoms with E-state index in [0.29, 0.717) is 29.1 Å². The van der Waals surface area contributed by atoms with Crippen LogP contribution < -0.4 is 11.2 Å². The van der Waals surface area contributed by atoms with Gasteiger partial charge in [-0.1, -0.05) is 23.7 Å². The molecule has 2 aromatic heterocycles. The molecule has 0 atom stereocenters. The molecule has 3 rings (SSSR count). The third-order valence-electron chi connectivity index (χ3n) is 3.35. The predicted molar refractivity (Wildman–Crippen MR) is 80.8 cm³/mol. The number of halogens is 1. The molecular weight excluding hydrogens is 292 g/mol. The highest BCUT2D eigenvalue weighted by Crippen LogP contribution is 2.12. The number of fused-ring (bicyclic) bond motifs is 1. The van der Waals surface area contributed by atoms with Crippen molar-refractivity contribution in [3.63, 3.8) is 0 Å². The topological polar surface area (TPSA) is 72.7 Å². The van der Waals surface area contributed by atoms with Crippen molar-refractivity contribution in [2.45, 2.75) is 20.0 Å². The Balaban J connectivity index is 2.18. The van der Waals surface area contributed by atoms with Crippen molar-refractivity contribution >= 4 is 22.6 Å². The Morgan fingerprint density at radius 3 is 2.62 bits per heavy atom. The van der Waals surface area contributed by atoms with E-state index in [9.17, 15) is 9.59 Å². The second-order valence-corrected chi connectivity index (χ2v) is 5.10. The van der Waals surface area contributed by atoms with Gasteiger partial charge in [0.05, 0.1) is 18.3 Å². The van der Waals surface area contributed by atoms with Crippen LogP contribution in [0.1, 0.15) is 12.5 Å². The molecule has 0 saturated heterocycles. The highest BCUT2D eigenvalue weighted by atomic mass is 35.5. The quantitative estimate of drug-likeness (QED) is 0.799. The number of rotatable bonds is 3. The smallest absolute Gasteiger partial charge is 0.286 e. The van der Waals surface area contributed by atoms with Gasteiger partial charge in [-0.2, -0.15) is 5.10 Å². The lowest BCUT2D eigenvalue weighted by Crippen LogP contribution is -2.31. The molecule has 3 aromatic rings. The molecule has 6 nitrogen and oxygen atoms in total. The van der Waals surface area contributed by atoms with Crippen LogP contribution in [0, 0.1) is 0 Å². The van der Waals surface area contributed by atoms with Gasteiger partial charge in [0.15, 0.2) is 5.52 Å². The van der Waals surface area contributed by atoms with E-state index in [4.69, 9.17) is 11.6 Å². The molecule has 0 spiro atoms. The summed E-state index contributed by atoms with van der Waals surface area (Å²) in [6, 6.07) is 7.21. The lowest BCUT2D eigenvalue weighted by Gasteiger charge is -2.07. The normalized spacial score (nSPS) is 11.1. The summed E-state index contributed by atoms with van der Waals surface area (Å²) in [5.41, 5.74) is 0.991. The van der Waals surface area contributed by atoms with Crippen LogP contribution in [0.25, 0.3) is 11.0 Å². The highest BCUT2D eigenvalue weighted by Gasteiger charge is 2.12. The van der Waals surface area contributed by atoms with Crippen LogP contribution in [-0.2, 0) is 13.1 Å². The Morgan fingerprint density at radius 2 is 1.95 bits per heavy atom. The van der Waals surface area contributed by atoms with Crippen molar-refractivity contribution in [2.75, 3.05) is 0 Å². The van der Waals surface area contributed by atoms with Gasteiger partial charge in [-0.25, -0.2) is 4.79 Å². The van der Waals surface area contributed by atoms with Crippen LogP contribution in [-0.4, -0.2) is 19.3 Å². The molecule has 0 fully saturated rings. The summed E-state index contributed by atoms with van der Waals surface area (Å²) in [5.74, 6) is 0. The van der Waals surface area contributed by atoms with Crippen LogP contribution in [0.2, 0.25) is 5.02 Å². The van der Waals surface area contributed by atoms with Crippen molar-refractivity contribution in [1.82, 2.24) is 19.3 Å². The maximum absolute atomic E-state index is 12.1. The average Bonchev–Trinajstić information content (AvgIpc) is 2.89. The van der Waals surface area contributed by atoms with Crippen LogP contribution in [0.3, 0.4) is 0 Å². The molecule has 0 bridgehead atoms. The van der Waals surface area contributed by atoms with Gasteiger partial charge in [-0.3, -0.25) is 19.0 Å². The Bertz CT molecular complexity index is 905. The third-order valence-corrected chi connectivity index (χ3v) is 3.60. The molecule has 0 aliphatic heterocycles.